The Morgan fingerprint density at radius 2 is 1.50 bits per heavy atom. The van der Waals surface area contributed by atoms with Crippen molar-refractivity contribution in [3.8, 4) is 34.4 Å². The second kappa shape index (κ2) is 11.0. The van der Waals surface area contributed by atoms with Crippen LogP contribution in [0.5, 0.6) is 0 Å². The Kier molecular flexibility index (Phi) is 7.13. The molecule has 0 fully saturated rings. The average molecular weight is 495 g/mol. The van der Waals surface area contributed by atoms with Gasteiger partial charge in [0, 0.05) is 12.6 Å². The molecular formula is C33H26N4O. The van der Waals surface area contributed by atoms with Gasteiger partial charge in [0.1, 0.15) is 6.10 Å². The third-order valence-corrected chi connectivity index (χ3v) is 6.75. The highest BCUT2D eigenvalue weighted by atomic mass is 16.5. The Morgan fingerprint density at radius 1 is 0.816 bits per heavy atom. The predicted molar refractivity (Wildman–Crippen MR) is 148 cm³/mol. The van der Waals surface area contributed by atoms with Gasteiger partial charge in [0.15, 0.2) is 0 Å². The number of aryl methyl sites for hydroxylation is 2. The molecule has 0 bridgehead atoms. The van der Waals surface area contributed by atoms with Gasteiger partial charge in [-0.3, -0.25) is 0 Å². The third kappa shape index (κ3) is 4.97. The minimum Gasteiger partial charge on any atom is -0.363 e. The first kappa shape index (κ1) is 24.7. The van der Waals surface area contributed by atoms with E-state index in [1.807, 2.05) is 96.7 Å². The number of aromatic nitrogens is 2. The van der Waals surface area contributed by atoms with E-state index in [-0.39, 0.29) is 6.10 Å². The molecule has 0 amide bonds. The summed E-state index contributed by atoms with van der Waals surface area (Å²) >= 11 is 0. The topological polar surface area (TPSA) is 74.6 Å². The summed E-state index contributed by atoms with van der Waals surface area (Å²) in [5, 5.41) is 19.3. The molecule has 1 unspecified atom stereocenters. The standard InChI is InChI=1S/C33H26N4O/c1-23-7-3-5-9-29(23)31-17-26(15-16-28(31)19-35)33(32-20-36-22-37(32)2)38-21-24-11-13-25(14-12-24)30-10-6-4-8-27(30)18-34/h3-17,20,22,33H,21H2,1-2H3. The molecule has 0 saturated carbocycles. The van der Waals surface area contributed by atoms with Crippen molar-refractivity contribution in [2.24, 2.45) is 7.05 Å². The minimum absolute atomic E-state index is 0.378. The highest BCUT2D eigenvalue weighted by Gasteiger charge is 2.21. The highest BCUT2D eigenvalue weighted by Crippen LogP contribution is 2.34. The number of imidazole rings is 1. The molecule has 0 spiro atoms. The van der Waals surface area contributed by atoms with E-state index in [1.165, 1.54) is 0 Å². The molecule has 5 rings (SSSR count). The molecule has 1 atom stereocenters. The van der Waals surface area contributed by atoms with E-state index in [0.29, 0.717) is 17.7 Å². The van der Waals surface area contributed by atoms with E-state index in [1.54, 1.807) is 6.33 Å². The Morgan fingerprint density at radius 3 is 2.18 bits per heavy atom. The van der Waals surface area contributed by atoms with Crippen LogP contribution in [0.2, 0.25) is 0 Å². The van der Waals surface area contributed by atoms with Gasteiger partial charge in [0.25, 0.3) is 0 Å². The minimum atomic E-state index is -0.378. The summed E-state index contributed by atoms with van der Waals surface area (Å²) in [6.07, 6.45) is 3.20. The fourth-order valence-electron chi connectivity index (χ4n) is 4.69. The molecule has 0 radical (unpaired) electrons. The van der Waals surface area contributed by atoms with Gasteiger partial charge in [-0.25, -0.2) is 4.98 Å². The summed E-state index contributed by atoms with van der Waals surface area (Å²) < 4.78 is 8.49. The Balaban J connectivity index is 1.46. The number of nitrogens with zero attached hydrogens (tertiary/aromatic N) is 4. The number of nitriles is 2. The van der Waals surface area contributed by atoms with E-state index in [4.69, 9.17) is 4.74 Å². The lowest BCUT2D eigenvalue weighted by molar-refractivity contribution is 0.0622. The molecule has 0 saturated heterocycles. The first-order valence-corrected chi connectivity index (χ1v) is 12.4. The van der Waals surface area contributed by atoms with Crippen molar-refractivity contribution in [3.63, 3.8) is 0 Å². The van der Waals surface area contributed by atoms with Gasteiger partial charge in [-0.15, -0.1) is 0 Å². The van der Waals surface area contributed by atoms with Gasteiger partial charge in [0.05, 0.1) is 48.1 Å². The first-order chi connectivity index (χ1) is 18.6. The summed E-state index contributed by atoms with van der Waals surface area (Å²) in [6, 6.07) is 34.3. The van der Waals surface area contributed by atoms with Crippen molar-refractivity contribution >= 4 is 0 Å². The molecule has 38 heavy (non-hydrogen) atoms. The van der Waals surface area contributed by atoms with Gasteiger partial charge in [-0.1, -0.05) is 72.8 Å². The molecule has 5 heteroatoms. The molecular weight excluding hydrogens is 468 g/mol. The normalized spacial score (nSPS) is 11.5. The molecule has 0 aliphatic carbocycles. The van der Waals surface area contributed by atoms with Gasteiger partial charge in [-0.05, 0) is 58.5 Å². The second-order valence-corrected chi connectivity index (χ2v) is 9.21. The van der Waals surface area contributed by atoms with Crippen molar-refractivity contribution in [2.45, 2.75) is 19.6 Å². The second-order valence-electron chi connectivity index (χ2n) is 9.21. The van der Waals surface area contributed by atoms with Crippen molar-refractivity contribution in [2.75, 3.05) is 0 Å². The summed E-state index contributed by atoms with van der Waals surface area (Å²) in [6.45, 7) is 2.44. The van der Waals surface area contributed by atoms with E-state index in [2.05, 4.69) is 36.2 Å². The van der Waals surface area contributed by atoms with Crippen LogP contribution in [-0.4, -0.2) is 9.55 Å². The smallest absolute Gasteiger partial charge is 0.124 e. The van der Waals surface area contributed by atoms with Crippen LogP contribution in [0.25, 0.3) is 22.3 Å². The van der Waals surface area contributed by atoms with Crippen LogP contribution < -0.4 is 0 Å². The molecule has 0 N–H and O–H groups in total. The fraction of sp³-hybridized carbons (Fsp3) is 0.121. The van der Waals surface area contributed by atoms with Gasteiger partial charge < -0.3 is 9.30 Å². The third-order valence-electron chi connectivity index (χ3n) is 6.75. The molecule has 1 heterocycles. The summed E-state index contributed by atoms with van der Waals surface area (Å²) in [4.78, 5) is 4.32. The predicted octanol–water partition coefficient (Wildman–Crippen LogP) is 7.11. The number of ether oxygens (including phenoxy) is 1. The van der Waals surface area contributed by atoms with Crippen LogP contribution in [0.3, 0.4) is 0 Å². The van der Waals surface area contributed by atoms with Gasteiger partial charge >= 0.3 is 0 Å². The summed E-state index contributed by atoms with van der Waals surface area (Å²) in [7, 11) is 1.95. The zero-order valence-corrected chi connectivity index (χ0v) is 21.3. The lowest BCUT2D eigenvalue weighted by Crippen LogP contribution is -2.11. The number of rotatable bonds is 7. The van der Waals surface area contributed by atoms with Gasteiger partial charge in [-0.2, -0.15) is 10.5 Å². The Bertz CT molecular complexity index is 1670. The molecule has 1 aromatic heterocycles. The molecule has 0 aliphatic rings. The van der Waals surface area contributed by atoms with Crippen LogP contribution in [-0.2, 0) is 18.4 Å². The molecule has 184 valence electrons. The SMILES string of the molecule is Cc1ccccc1-c1cc(C(OCc2ccc(-c3ccccc3C#N)cc2)c2cncn2C)ccc1C#N. The quantitative estimate of drug-likeness (QED) is 0.242. The van der Waals surface area contributed by atoms with E-state index < -0.39 is 0 Å². The fourth-order valence-corrected chi connectivity index (χ4v) is 4.69. The number of benzene rings is 4. The zero-order chi connectivity index (χ0) is 26.5. The van der Waals surface area contributed by atoms with Crippen molar-refractivity contribution < 1.29 is 4.74 Å². The van der Waals surface area contributed by atoms with Crippen molar-refractivity contribution in [1.29, 1.82) is 10.5 Å². The van der Waals surface area contributed by atoms with Crippen molar-refractivity contribution in [1.82, 2.24) is 9.55 Å². The molecule has 0 aliphatic heterocycles. The van der Waals surface area contributed by atoms with E-state index in [0.717, 1.165) is 44.6 Å². The number of hydrogen-bond acceptors (Lipinski definition) is 4. The maximum absolute atomic E-state index is 9.80. The average Bonchev–Trinajstić information content (AvgIpc) is 3.39. The maximum Gasteiger partial charge on any atom is 0.124 e. The van der Waals surface area contributed by atoms with E-state index in [9.17, 15) is 10.5 Å². The largest absolute Gasteiger partial charge is 0.363 e. The summed E-state index contributed by atoms with van der Waals surface area (Å²) in [5.74, 6) is 0. The Labute approximate surface area is 222 Å². The lowest BCUT2D eigenvalue weighted by atomic mass is 9.93. The van der Waals surface area contributed by atoms with E-state index >= 15 is 0 Å². The Hall–Kier alpha value is -4.97. The monoisotopic (exact) mass is 494 g/mol. The molecule has 5 aromatic rings. The molecule has 5 nitrogen and oxygen atoms in total. The molecule has 4 aromatic carbocycles. The first-order valence-electron chi connectivity index (χ1n) is 12.4. The zero-order valence-electron chi connectivity index (χ0n) is 21.3. The van der Waals surface area contributed by atoms with Crippen LogP contribution in [0, 0.1) is 29.6 Å². The van der Waals surface area contributed by atoms with Crippen molar-refractivity contribution in [3.05, 3.63) is 137 Å². The van der Waals surface area contributed by atoms with Crippen LogP contribution in [0.4, 0.5) is 0 Å². The maximum atomic E-state index is 9.80. The lowest BCUT2D eigenvalue weighted by Gasteiger charge is -2.21. The highest BCUT2D eigenvalue weighted by molar-refractivity contribution is 5.74. The van der Waals surface area contributed by atoms with Gasteiger partial charge in [0.2, 0.25) is 0 Å². The summed E-state index contributed by atoms with van der Waals surface area (Å²) in [5.41, 5.74) is 9.09. The van der Waals surface area contributed by atoms with Crippen LogP contribution in [0.15, 0.2) is 104 Å². The van der Waals surface area contributed by atoms with Crippen LogP contribution in [0.1, 0.15) is 39.6 Å². The van der Waals surface area contributed by atoms with Crippen LogP contribution >= 0.6 is 0 Å². The number of hydrogen-bond donors (Lipinski definition) is 0.